The van der Waals surface area contributed by atoms with Crippen LogP contribution in [0.3, 0.4) is 0 Å². The van der Waals surface area contributed by atoms with E-state index in [1.807, 2.05) is 36.0 Å². The number of halogens is 1. The number of nitrogens with zero attached hydrogens (tertiary/aromatic N) is 6. The van der Waals surface area contributed by atoms with Gasteiger partial charge in [0.15, 0.2) is 5.96 Å². The molecular formula is C22H30IN7O. The van der Waals surface area contributed by atoms with Crippen LogP contribution in [0.25, 0.3) is 5.69 Å². The van der Waals surface area contributed by atoms with Gasteiger partial charge in [-0.3, -0.25) is 4.90 Å². The molecular weight excluding hydrogens is 505 g/mol. The Morgan fingerprint density at radius 3 is 2.61 bits per heavy atom. The second-order valence-corrected chi connectivity index (χ2v) is 7.45. The lowest BCUT2D eigenvalue weighted by Gasteiger charge is -2.36. The number of aromatic nitrogens is 3. The molecule has 3 heterocycles. The second-order valence-electron chi connectivity index (χ2n) is 7.45. The van der Waals surface area contributed by atoms with Crippen molar-refractivity contribution in [3.63, 3.8) is 0 Å². The molecule has 8 nitrogen and oxygen atoms in total. The van der Waals surface area contributed by atoms with E-state index in [4.69, 9.17) is 9.52 Å². The Morgan fingerprint density at radius 1 is 1.13 bits per heavy atom. The summed E-state index contributed by atoms with van der Waals surface area (Å²) in [5, 5.41) is 12.0. The van der Waals surface area contributed by atoms with Gasteiger partial charge in [0.25, 0.3) is 0 Å². The molecule has 1 N–H and O–H groups in total. The summed E-state index contributed by atoms with van der Waals surface area (Å²) >= 11 is 0. The highest BCUT2D eigenvalue weighted by molar-refractivity contribution is 14.0. The van der Waals surface area contributed by atoms with E-state index < -0.39 is 0 Å². The summed E-state index contributed by atoms with van der Waals surface area (Å²) < 4.78 is 6.87. The summed E-state index contributed by atoms with van der Waals surface area (Å²) in [4.78, 5) is 9.68. The lowest BCUT2D eigenvalue weighted by atomic mass is 10.2. The number of hydrogen-bond acceptors (Lipinski definition) is 5. The second kappa shape index (κ2) is 11.3. The van der Waals surface area contributed by atoms with Crippen molar-refractivity contribution in [2.75, 3.05) is 32.7 Å². The van der Waals surface area contributed by atoms with Crippen molar-refractivity contribution in [1.29, 1.82) is 0 Å². The number of piperazine rings is 1. The number of guanidine groups is 1. The van der Waals surface area contributed by atoms with E-state index in [1.54, 1.807) is 6.26 Å². The van der Waals surface area contributed by atoms with Crippen LogP contribution in [-0.4, -0.2) is 63.4 Å². The van der Waals surface area contributed by atoms with Gasteiger partial charge in [0.2, 0.25) is 0 Å². The topological polar surface area (TPSA) is 74.7 Å². The molecule has 1 aliphatic heterocycles. The van der Waals surface area contributed by atoms with Crippen LogP contribution in [0.5, 0.6) is 0 Å². The number of aliphatic imine (C=N–C) groups is 1. The molecule has 3 aromatic rings. The molecule has 0 amide bonds. The van der Waals surface area contributed by atoms with Gasteiger partial charge in [-0.1, -0.05) is 23.4 Å². The van der Waals surface area contributed by atoms with Crippen LogP contribution >= 0.6 is 24.0 Å². The van der Waals surface area contributed by atoms with Crippen molar-refractivity contribution in [3.8, 4) is 5.69 Å². The van der Waals surface area contributed by atoms with Gasteiger partial charge in [0.05, 0.1) is 23.6 Å². The molecule has 1 saturated heterocycles. The minimum Gasteiger partial charge on any atom is -0.364 e. The summed E-state index contributed by atoms with van der Waals surface area (Å²) in [6.07, 6.45) is 3.63. The lowest BCUT2D eigenvalue weighted by Crippen LogP contribution is -2.52. The maximum Gasteiger partial charge on any atom is 0.194 e. The maximum absolute atomic E-state index is 4.95. The van der Waals surface area contributed by atoms with Crippen molar-refractivity contribution < 1.29 is 4.52 Å². The summed E-state index contributed by atoms with van der Waals surface area (Å²) in [5.74, 6) is 0.963. The van der Waals surface area contributed by atoms with E-state index in [9.17, 15) is 0 Å². The Balaban J connectivity index is 0.00000272. The predicted molar refractivity (Wildman–Crippen MR) is 132 cm³/mol. The summed E-state index contributed by atoms with van der Waals surface area (Å²) in [6.45, 7) is 10.2. The molecule has 9 heteroatoms. The fourth-order valence-electron chi connectivity index (χ4n) is 3.67. The summed E-state index contributed by atoms with van der Waals surface area (Å²) in [7, 11) is 0. The van der Waals surface area contributed by atoms with Gasteiger partial charge >= 0.3 is 0 Å². The van der Waals surface area contributed by atoms with Crippen LogP contribution in [0.1, 0.15) is 23.9 Å². The molecule has 166 valence electrons. The number of hydrogen-bond donors (Lipinski definition) is 1. The highest BCUT2D eigenvalue weighted by Crippen LogP contribution is 2.16. The fraction of sp³-hybridized carbons (Fsp3) is 0.409. The smallest absolute Gasteiger partial charge is 0.194 e. The minimum atomic E-state index is 0. The van der Waals surface area contributed by atoms with E-state index in [-0.39, 0.29) is 24.0 Å². The van der Waals surface area contributed by atoms with Crippen molar-refractivity contribution in [2.45, 2.75) is 26.9 Å². The normalized spacial score (nSPS) is 15.0. The van der Waals surface area contributed by atoms with E-state index in [1.165, 1.54) is 0 Å². The van der Waals surface area contributed by atoms with Gasteiger partial charge in [-0.2, -0.15) is 5.10 Å². The van der Waals surface area contributed by atoms with Gasteiger partial charge in [-0.05, 0) is 31.5 Å². The van der Waals surface area contributed by atoms with Gasteiger partial charge in [-0.25, -0.2) is 9.67 Å². The minimum absolute atomic E-state index is 0. The van der Waals surface area contributed by atoms with Crippen LogP contribution in [0.4, 0.5) is 0 Å². The van der Waals surface area contributed by atoms with E-state index in [2.05, 4.69) is 50.5 Å². The molecule has 0 saturated carbocycles. The molecule has 0 atom stereocenters. The summed E-state index contributed by atoms with van der Waals surface area (Å²) in [5.41, 5.74) is 4.21. The molecule has 1 aromatic carbocycles. The molecule has 0 aliphatic carbocycles. The Morgan fingerprint density at radius 2 is 1.94 bits per heavy atom. The van der Waals surface area contributed by atoms with E-state index in [0.29, 0.717) is 6.54 Å². The first kappa shape index (κ1) is 23.3. The number of aryl methyl sites for hydroxylation is 1. The summed E-state index contributed by atoms with van der Waals surface area (Å²) in [6, 6.07) is 12.3. The van der Waals surface area contributed by atoms with Crippen LogP contribution in [0.15, 0.2) is 58.4 Å². The van der Waals surface area contributed by atoms with Crippen LogP contribution < -0.4 is 5.32 Å². The molecule has 0 spiro atoms. The SMILES string of the molecule is CCNC(=NCc1ccccc1-n1ccc(C)n1)N1CCN(Cc2ccon2)CC1.I. The van der Waals surface area contributed by atoms with Gasteiger partial charge < -0.3 is 14.7 Å². The third kappa shape index (κ3) is 6.07. The zero-order chi connectivity index (χ0) is 20.8. The van der Waals surface area contributed by atoms with E-state index >= 15 is 0 Å². The van der Waals surface area contributed by atoms with Gasteiger partial charge in [-0.15, -0.1) is 24.0 Å². The third-order valence-corrected chi connectivity index (χ3v) is 5.24. The molecule has 0 unspecified atom stereocenters. The van der Waals surface area contributed by atoms with Crippen molar-refractivity contribution >= 4 is 29.9 Å². The molecule has 31 heavy (non-hydrogen) atoms. The molecule has 1 fully saturated rings. The largest absolute Gasteiger partial charge is 0.364 e. The highest BCUT2D eigenvalue weighted by Gasteiger charge is 2.20. The Labute approximate surface area is 200 Å². The first-order valence-corrected chi connectivity index (χ1v) is 10.5. The quantitative estimate of drug-likeness (QED) is 0.297. The first-order valence-electron chi connectivity index (χ1n) is 10.5. The molecule has 0 radical (unpaired) electrons. The highest BCUT2D eigenvalue weighted by atomic mass is 127. The van der Waals surface area contributed by atoms with Gasteiger partial charge in [0.1, 0.15) is 6.26 Å². The van der Waals surface area contributed by atoms with Crippen LogP contribution in [-0.2, 0) is 13.1 Å². The molecule has 0 bridgehead atoms. The Kier molecular flexibility index (Phi) is 8.47. The third-order valence-electron chi connectivity index (χ3n) is 5.24. The standard InChI is InChI=1S/C22H29N7O.HI/c1-3-23-22(28-13-11-27(12-14-28)17-20-9-15-30-26-20)24-16-19-6-4-5-7-21(19)29-10-8-18(2)25-29;/h4-10,15H,3,11-14,16-17H2,1-2H3,(H,23,24);1H. The van der Waals surface area contributed by atoms with E-state index in [0.717, 1.165) is 67.9 Å². The molecule has 4 rings (SSSR count). The zero-order valence-electron chi connectivity index (χ0n) is 18.1. The van der Waals surface area contributed by atoms with Crippen molar-refractivity contribution in [3.05, 3.63) is 65.8 Å². The lowest BCUT2D eigenvalue weighted by molar-refractivity contribution is 0.169. The predicted octanol–water partition coefficient (Wildman–Crippen LogP) is 3.07. The Hall–Kier alpha value is -2.40. The number of benzene rings is 1. The molecule has 2 aromatic heterocycles. The van der Waals surface area contributed by atoms with Crippen molar-refractivity contribution in [2.24, 2.45) is 4.99 Å². The van der Waals surface area contributed by atoms with Crippen molar-refractivity contribution in [1.82, 2.24) is 30.1 Å². The number of nitrogens with one attached hydrogen (secondary N) is 1. The number of para-hydroxylation sites is 1. The first-order chi connectivity index (χ1) is 14.7. The molecule has 1 aliphatic rings. The fourth-order valence-corrected chi connectivity index (χ4v) is 3.67. The zero-order valence-corrected chi connectivity index (χ0v) is 20.4. The maximum atomic E-state index is 4.95. The Bertz CT molecular complexity index is 962. The van der Waals surface area contributed by atoms with Crippen LogP contribution in [0.2, 0.25) is 0 Å². The number of rotatable bonds is 6. The van der Waals surface area contributed by atoms with Crippen LogP contribution in [0, 0.1) is 6.92 Å². The monoisotopic (exact) mass is 535 g/mol. The average Bonchev–Trinajstić information content (AvgIpc) is 3.44. The van der Waals surface area contributed by atoms with Gasteiger partial charge in [0, 0.05) is 51.5 Å². The average molecular weight is 535 g/mol.